The van der Waals surface area contributed by atoms with Crippen molar-refractivity contribution in [3.63, 3.8) is 0 Å². The van der Waals surface area contributed by atoms with Crippen molar-refractivity contribution in [3.8, 4) is 0 Å². The summed E-state index contributed by atoms with van der Waals surface area (Å²) >= 11 is 0. The number of amides is 2. The van der Waals surface area contributed by atoms with E-state index in [-0.39, 0.29) is 5.56 Å². The lowest BCUT2D eigenvalue weighted by atomic mass is 10.2. The highest BCUT2D eigenvalue weighted by Gasteiger charge is 2.22. The quantitative estimate of drug-likeness (QED) is 0.445. The van der Waals surface area contributed by atoms with E-state index in [9.17, 15) is 31.9 Å². The summed E-state index contributed by atoms with van der Waals surface area (Å²) in [6.07, 6.45) is -1.44. The summed E-state index contributed by atoms with van der Waals surface area (Å²) in [5, 5.41) is 4.07. The second-order valence-electron chi connectivity index (χ2n) is 5.51. The van der Waals surface area contributed by atoms with E-state index in [1.165, 1.54) is 18.2 Å². The summed E-state index contributed by atoms with van der Waals surface area (Å²) in [5.74, 6) is -8.50. The molecule has 0 saturated carbocycles. The monoisotopic (exact) mass is 398 g/mol. The maximum Gasteiger partial charge on any atom is 0.326 e. The molecule has 2 aromatic rings. The highest BCUT2D eigenvalue weighted by Crippen LogP contribution is 2.19. The average Bonchev–Trinajstić information content (AvgIpc) is 2.66. The predicted molar refractivity (Wildman–Crippen MR) is 89.2 cm³/mol. The van der Waals surface area contributed by atoms with Gasteiger partial charge in [0.05, 0.1) is 11.3 Å². The number of anilines is 1. The van der Waals surface area contributed by atoms with Crippen molar-refractivity contribution in [1.29, 1.82) is 0 Å². The van der Waals surface area contributed by atoms with E-state index in [2.05, 4.69) is 5.32 Å². The molecule has 10 heteroatoms. The van der Waals surface area contributed by atoms with Crippen molar-refractivity contribution >= 4 is 23.5 Å². The topological polar surface area (TPSA) is 84.5 Å². The summed E-state index contributed by atoms with van der Waals surface area (Å²) in [5.41, 5.74) is -0.922. The van der Waals surface area contributed by atoms with E-state index in [1.807, 2.05) is 5.32 Å². The van der Waals surface area contributed by atoms with Gasteiger partial charge in [-0.1, -0.05) is 12.1 Å². The number of halogens is 4. The standard InChI is InChI=1S/C18H14F4N2O4/c1-9(17(26)24-13-7-6-12(20)15(21)16(13)22)28-14(25)8-23-18(27)10-4-2-3-5-11(10)19/h2-7,9H,8H2,1H3,(H,23,27)(H,24,26)/t9-/m0/s1. The zero-order valence-electron chi connectivity index (χ0n) is 14.4. The SMILES string of the molecule is C[C@H](OC(=O)CNC(=O)c1ccccc1F)C(=O)Nc1ccc(F)c(F)c1F. The molecule has 0 aliphatic heterocycles. The average molecular weight is 398 g/mol. The molecule has 148 valence electrons. The molecule has 6 nitrogen and oxygen atoms in total. The van der Waals surface area contributed by atoms with Gasteiger partial charge in [-0.2, -0.15) is 0 Å². The van der Waals surface area contributed by atoms with E-state index in [0.717, 1.165) is 19.1 Å². The smallest absolute Gasteiger partial charge is 0.326 e. The maximum absolute atomic E-state index is 13.5. The summed E-state index contributed by atoms with van der Waals surface area (Å²) in [6.45, 7) is 0.480. The molecule has 0 aliphatic carbocycles. The van der Waals surface area contributed by atoms with E-state index in [1.54, 1.807) is 0 Å². The first-order valence-corrected chi connectivity index (χ1v) is 7.87. The minimum atomic E-state index is -1.77. The predicted octanol–water partition coefficient (Wildman–Crippen LogP) is 2.54. The summed E-state index contributed by atoms with van der Waals surface area (Å²) < 4.78 is 57.8. The minimum absolute atomic E-state index is 0.282. The molecule has 0 fully saturated rings. The van der Waals surface area contributed by atoms with Crippen LogP contribution < -0.4 is 10.6 Å². The molecule has 0 heterocycles. The van der Waals surface area contributed by atoms with E-state index >= 15 is 0 Å². The second-order valence-corrected chi connectivity index (χ2v) is 5.51. The van der Waals surface area contributed by atoms with Gasteiger partial charge in [0.15, 0.2) is 23.6 Å². The molecule has 0 aliphatic rings. The Labute approximate surface area is 156 Å². The fraction of sp³-hybridized carbons (Fsp3) is 0.167. The number of ether oxygens (including phenoxy) is 1. The molecule has 2 rings (SSSR count). The van der Waals surface area contributed by atoms with Gasteiger partial charge in [-0.3, -0.25) is 14.4 Å². The third-order valence-corrected chi connectivity index (χ3v) is 3.48. The second kappa shape index (κ2) is 8.98. The highest BCUT2D eigenvalue weighted by molar-refractivity contribution is 5.97. The van der Waals surface area contributed by atoms with Crippen LogP contribution in [0.4, 0.5) is 23.2 Å². The molecule has 2 aromatic carbocycles. The van der Waals surface area contributed by atoms with Gasteiger partial charge in [-0.15, -0.1) is 0 Å². The van der Waals surface area contributed by atoms with Gasteiger partial charge in [0.25, 0.3) is 11.8 Å². The number of esters is 1. The lowest BCUT2D eigenvalue weighted by Crippen LogP contribution is -2.36. The van der Waals surface area contributed by atoms with Crippen LogP contribution in [0.1, 0.15) is 17.3 Å². The Bertz CT molecular complexity index is 920. The van der Waals surface area contributed by atoms with Crippen LogP contribution in [-0.2, 0) is 14.3 Å². The van der Waals surface area contributed by atoms with Crippen LogP contribution in [0, 0.1) is 23.3 Å². The molecule has 2 N–H and O–H groups in total. The molecule has 0 bridgehead atoms. The first-order chi connectivity index (χ1) is 13.2. The minimum Gasteiger partial charge on any atom is -0.451 e. The van der Waals surface area contributed by atoms with Gasteiger partial charge in [-0.05, 0) is 31.2 Å². The molecule has 0 aromatic heterocycles. The van der Waals surface area contributed by atoms with Crippen LogP contribution in [0.3, 0.4) is 0 Å². The first-order valence-electron chi connectivity index (χ1n) is 7.87. The summed E-state index contributed by atoms with van der Waals surface area (Å²) in [7, 11) is 0. The Hall–Kier alpha value is -3.43. The van der Waals surface area contributed by atoms with Gasteiger partial charge in [0.1, 0.15) is 12.4 Å². The number of rotatable bonds is 6. The highest BCUT2D eigenvalue weighted by atomic mass is 19.2. The Balaban J connectivity index is 1.88. The van der Waals surface area contributed by atoms with Crippen LogP contribution in [0.5, 0.6) is 0 Å². The zero-order chi connectivity index (χ0) is 20.8. The van der Waals surface area contributed by atoms with Crippen molar-refractivity contribution in [1.82, 2.24) is 5.32 Å². The zero-order valence-corrected chi connectivity index (χ0v) is 14.4. The van der Waals surface area contributed by atoms with E-state index in [4.69, 9.17) is 4.74 Å². The summed E-state index contributed by atoms with van der Waals surface area (Å²) in [4.78, 5) is 35.4. The largest absolute Gasteiger partial charge is 0.451 e. The van der Waals surface area contributed by atoms with Crippen LogP contribution >= 0.6 is 0 Å². The van der Waals surface area contributed by atoms with Crippen LogP contribution in [-0.4, -0.2) is 30.4 Å². The number of nitrogens with one attached hydrogen (secondary N) is 2. The Morgan fingerprint density at radius 1 is 0.964 bits per heavy atom. The molecule has 1 atom stereocenters. The Morgan fingerprint density at radius 3 is 2.32 bits per heavy atom. The molecule has 0 saturated heterocycles. The molecular weight excluding hydrogens is 384 g/mol. The van der Waals surface area contributed by atoms with Crippen molar-refractivity contribution in [2.24, 2.45) is 0 Å². The summed E-state index contributed by atoms with van der Waals surface area (Å²) in [6, 6.07) is 6.51. The van der Waals surface area contributed by atoms with Gasteiger partial charge in [-0.25, -0.2) is 17.6 Å². The fourth-order valence-corrected chi connectivity index (χ4v) is 2.04. The van der Waals surface area contributed by atoms with E-state index in [0.29, 0.717) is 6.07 Å². The number of carbonyl (C=O) groups excluding carboxylic acids is 3. The van der Waals surface area contributed by atoms with Crippen molar-refractivity contribution < 1.29 is 36.7 Å². The fourth-order valence-electron chi connectivity index (χ4n) is 2.04. The Kier molecular flexibility index (Phi) is 6.69. The normalized spacial score (nSPS) is 11.5. The van der Waals surface area contributed by atoms with Crippen LogP contribution in [0.15, 0.2) is 36.4 Å². The number of hydrogen-bond acceptors (Lipinski definition) is 4. The van der Waals surface area contributed by atoms with Crippen LogP contribution in [0.25, 0.3) is 0 Å². The lowest BCUT2D eigenvalue weighted by Gasteiger charge is -2.14. The first kappa shape index (κ1) is 20.9. The number of carbonyl (C=O) groups is 3. The lowest BCUT2D eigenvalue weighted by molar-refractivity contribution is -0.152. The maximum atomic E-state index is 13.5. The van der Waals surface area contributed by atoms with Crippen molar-refractivity contribution in [2.45, 2.75) is 13.0 Å². The van der Waals surface area contributed by atoms with E-state index < -0.39 is 59.4 Å². The van der Waals surface area contributed by atoms with Crippen molar-refractivity contribution in [2.75, 3.05) is 11.9 Å². The van der Waals surface area contributed by atoms with Gasteiger partial charge in [0.2, 0.25) is 0 Å². The molecule has 0 unspecified atom stereocenters. The third kappa shape index (κ3) is 5.06. The Morgan fingerprint density at radius 2 is 1.64 bits per heavy atom. The van der Waals surface area contributed by atoms with Crippen molar-refractivity contribution in [3.05, 3.63) is 65.2 Å². The van der Waals surface area contributed by atoms with Gasteiger partial charge in [0, 0.05) is 0 Å². The number of benzene rings is 2. The molecule has 0 spiro atoms. The van der Waals surface area contributed by atoms with Gasteiger partial charge < -0.3 is 15.4 Å². The molecular formula is C18H14F4N2O4. The number of hydrogen-bond donors (Lipinski definition) is 2. The third-order valence-electron chi connectivity index (χ3n) is 3.48. The van der Waals surface area contributed by atoms with Crippen LogP contribution in [0.2, 0.25) is 0 Å². The molecule has 28 heavy (non-hydrogen) atoms. The molecule has 0 radical (unpaired) electrons. The molecule has 2 amide bonds. The van der Waals surface area contributed by atoms with Gasteiger partial charge >= 0.3 is 5.97 Å².